The van der Waals surface area contributed by atoms with E-state index in [1.165, 1.54) is 36.4 Å². The van der Waals surface area contributed by atoms with E-state index >= 15 is 0 Å². The van der Waals surface area contributed by atoms with Gasteiger partial charge in [-0.15, -0.1) is 0 Å². The predicted octanol–water partition coefficient (Wildman–Crippen LogP) is 18.4. The molecular weight excluding hydrogens is 1820 g/mol. The van der Waals surface area contributed by atoms with Crippen molar-refractivity contribution in [1.82, 2.24) is 0 Å². The highest BCUT2D eigenvalue weighted by atomic mass is 35.5. The van der Waals surface area contributed by atoms with Crippen LogP contribution in [0.5, 0.6) is 46.0 Å². The second-order valence-electron chi connectivity index (χ2n) is 30.3. The third-order valence-electron chi connectivity index (χ3n) is 21.7. The van der Waals surface area contributed by atoms with Crippen LogP contribution >= 0.6 is 58.0 Å². The molecule has 4 saturated heterocycles. The quantitative estimate of drug-likeness (QED) is 0.0550. The number of halogens is 5. The molecule has 0 aromatic heterocycles. The zero-order valence-corrected chi connectivity index (χ0v) is 75.0. The maximum Gasteiger partial charge on any atom is 0.248 e. The summed E-state index contributed by atoms with van der Waals surface area (Å²) in [6.07, 6.45) is 1.11. The second kappa shape index (κ2) is 40.3. The molecule has 8 N–H and O–H groups in total. The molecule has 658 valence electrons. The summed E-state index contributed by atoms with van der Waals surface area (Å²) in [4.78, 5) is 68.7. The summed E-state index contributed by atoms with van der Waals surface area (Å²) >= 11 is 31.0. The number of aryl methyl sites for hydroxylation is 2. The summed E-state index contributed by atoms with van der Waals surface area (Å²) in [5, 5.41) is 55.4. The fourth-order valence-corrected chi connectivity index (χ4v) is 17.4. The number of hydrogen-bond donors (Lipinski definition) is 4. The largest absolute Gasteiger partial charge is 0.456 e. The number of ether oxygens (including phenoxy) is 4. The van der Waals surface area contributed by atoms with Crippen molar-refractivity contribution in [2.24, 2.45) is 21.2 Å². The number of primary sulfonamides is 3. The Balaban J connectivity index is 0.000000148. The Morgan fingerprint density at radius 2 is 0.723 bits per heavy atom. The van der Waals surface area contributed by atoms with Crippen molar-refractivity contribution in [1.29, 1.82) is 21.0 Å². The van der Waals surface area contributed by atoms with Gasteiger partial charge in [-0.3, -0.25) is 24.0 Å². The van der Waals surface area contributed by atoms with Crippen molar-refractivity contribution in [2.45, 2.75) is 77.9 Å². The molecule has 4 atom stereocenters. The highest BCUT2D eigenvalue weighted by Crippen LogP contribution is 2.45. The van der Waals surface area contributed by atoms with E-state index in [9.17, 15) is 70.3 Å². The Labute approximate surface area is 773 Å². The molecule has 4 aliphatic rings. The number of carbonyl (C=O) groups is 5. The number of amides is 5. The number of anilines is 4. The van der Waals surface area contributed by atoms with E-state index in [0.717, 1.165) is 33.4 Å². The Hall–Kier alpha value is -13.7. The molecule has 16 rings (SSSR count). The van der Waals surface area contributed by atoms with Crippen LogP contribution in [-0.4, -0.2) is 81.0 Å². The van der Waals surface area contributed by atoms with Crippen LogP contribution in [0.3, 0.4) is 0 Å². The molecule has 0 unspecified atom stereocenters. The van der Waals surface area contributed by atoms with Gasteiger partial charge in [0.2, 0.25) is 59.6 Å². The number of primary amides is 1. The molecule has 4 fully saturated rings. The average molecular weight is 1900 g/mol. The Kier molecular flexibility index (Phi) is 29.2. The van der Waals surface area contributed by atoms with Crippen LogP contribution in [0.4, 0.5) is 22.7 Å². The molecule has 12 aromatic rings. The predicted molar refractivity (Wildman–Crippen MR) is 492 cm³/mol. The first-order valence-corrected chi connectivity index (χ1v) is 46.1. The molecule has 0 saturated carbocycles. The topological polar surface area (TPSA) is 437 Å². The number of nitriles is 4. The fourth-order valence-electron chi connectivity index (χ4n) is 14.9. The van der Waals surface area contributed by atoms with E-state index in [0.29, 0.717) is 149 Å². The molecular formula is C95H75Cl5N12O15S3. The lowest BCUT2D eigenvalue weighted by Gasteiger charge is -2.18. The van der Waals surface area contributed by atoms with Gasteiger partial charge in [-0.25, -0.2) is 40.7 Å². The van der Waals surface area contributed by atoms with Gasteiger partial charge in [-0.05, 0) is 229 Å². The minimum atomic E-state index is -3.81. The molecule has 5 amide bonds. The van der Waals surface area contributed by atoms with E-state index in [1.807, 2.05) is 50.2 Å². The van der Waals surface area contributed by atoms with Crippen LogP contribution in [0.2, 0.25) is 25.1 Å². The Bertz CT molecular complexity index is 7020. The van der Waals surface area contributed by atoms with Crippen molar-refractivity contribution in [3.8, 4) is 70.3 Å². The highest BCUT2D eigenvalue weighted by molar-refractivity contribution is 7.89. The normalized spacial score (nSPS) is 15.9. The number of para-hydroxylation sites is 2. The second-order valence-corrected chi connectivity index (χ2v) is 37.1. The molecule has 12 aromatic carbocycles. The van der Waals surface area contributed by atoms with Crippen LogP contribution < -0.4 is 59.7 Å². The fraction of sp³-hybridized carbons (Fsp3) is 0.147. The number of benzene rings is 12. The summed E-state index contributed by atoms with van der Waals surface area (Å²) in [6.45, 7) is 5.34. The van der Waals surface area contributed by atoms with Crippen molar-refractivity contribution in [2.75, 3.05) is 45.8 Å². The molecule has 4 aliphatic heterocycles. The molecule has 0 bridgehead atoms. The average Bonchev–Trinajstić information content (AvgIpc) is 1.62. The van der Waals surface area contributed by atoms with Gasteiger partial charge >= 0.3 is 0 Å². The van der Waals surface area contributed by atoms with Crippen LogP contribution in [-0.2, 0) is 49.2 Å². The van der Waals surface area contributed by atoms with Gasteiger partial charge in [0.1, 0.15) is 75.8 Å². The lowest BCUT2D eigenvalue weighted by atomic mass is 9.96. The zero-order chi connectivity index (χ0) is 93.2. The van der Waals surface area contributed by atoms with E-state index in [2.05, 4.69) is 24.3 Å². The molecule has 0 aliphatic carbocycles. The molecule has 130 heavy (non-hydrogen) atoms. The van der Waals surface area contributed by atoms with Crippen molar-refractivity contribution in [3.05, 3.63) is 335 Å². The van der Waals surface area contributed by atoms with Gasteiger partial charge in [-0.1, -0.05) is 125 Å². The molecule has 27 nitrogen and oxygen atoms in total. The molecule has 0 spiro atoms. The van der Waals surface area contributed by atoms with Gasteiger partial charge in [0, 0.05) is 109 Å². The number of hydrogen-bond acceptors (Lipinski definition) is 19. The lowest BCUT2D eigenvalue weighted by molar-refractivity contribution is -0.118. The van der Waals surface area contributed by atoms with Crippen LogP contribution in [0, 0.1) is 59.2 Å². The van der Waals surface area contributed by atoms with Crippen LogP contribution in [0.15, 0.2) is 263 Å². The first-order chi connectivity index (χ1) is 61.9. The maximum atomic E-state index is 12.7. The van der Waals surface area contributed by atoms with Gasteiger partial charge in [0.25, 0.3) is 0 Å². The number of nitrogens with two attached hydrogens (primary N) is 4. The minimum Gasteiger partial charge on any atom is -0.456 e. The first-order valence-electron chi connectivity index (χ1n) is 39.5. The van der Waals surface area contributed by atoms with Gasteiger partial charge < -0.3 is 44.3 Å². The Morgan fingerprint density at radius 3 is 1.14 bits per heavy atom. The lowest BCUT2D eigenvalue weighted by Crippen LogP contribution is -2.24. The SMILES string of the molecule is Cc1ccc(Cl)c(C#N)c1Oc1cc([C@H]2CC(=O)N(c3cccc(C(N)=O)c3)C2)ccc1Cl.Cc1cccc(Cl)c1Oc1cc([C@H]2CC(=O)N(c3ccc(S(N)(=O)=O)cc3)C2)ccc1C#N.N#Cc1ccc([C@H]2CC(=O)N(c3ccc(S(N)(=O)=O)cc3)C2)cc1Oc1cccc(Cl)c1.N#Cc1ccc([C@H]2CC(=O)N(c3ccc(S(N)(=O)=O)cc3)C2)cc1Oc1ccccc1Cl. The van der Waals surface area contributed by atoms with E-state index < -0.39 is 36.0 Å². The van der Waals surface area contributed by atoms with E-state index in [1.54, 1.807) is 196 Å². The monoisotopic (exact) mass is 1890 g/mol. The number of carbonyl (C=O) groups excluding carboxylic acids is 5. The summed E-state index contributed by atoms with van der Waals surface area (Å²) in [5.41, 5.74) is 14.4. The van der Waals surface area contributed by atoms with Crippen molar-refractivity contribution >= 4 is 140 Å². The third-order valence-corrected chi connectivity index (χ3v) is 25.9. The minimum absolute atomic E-state index is 0.0145. The maximum absolute atomic E-state index is 12.7. The number of sulfonamides is 3. The molecule has 35 heteroatoms. The van der Waals surface area contributed by atoms with Crippen molar-refractivity contribution < 1.29 is 68.2 Å². The van der Waals surface area contributed by atoms with Crippen LogP contribution in [0.1, 0.15) is 115 Å². The van der Waals surface area contributed by atoms with Gasteiger partial charge in [0.15, 0.2) is 0 Å². The highest BCUT2D eigenvalue weighted by Gasteiger charge is 2.37. The van der Waals surface area contributed by atoms with Crippen molar-refractivity contribution in [3.63, 3.8) is 0 Å². The summed E-state index contributed by atoms with van der Waals surface area (Å²) < 4.78 is 92.6. The summed E-state index contributed by atoms with van der Waals surface area (Å²) in [6, 6.07) is 76.5. The zero-order valence-electron chi connectivity index (χ0n) is 68.8. The molecule has 4 heterocycles. The standard InChI is InChI=1S/C25H19Cl2N3O3.C24H20ClN3O4S.2C23H18ClN3O4S/c1-14-5-7-20(26)19(12-28)24(14)33-22-10-15(6-8-21(22)27)17-11-23(31)30(13-17)18-4-2-3-16(9-18)25(29)32;1-15-3-2-4-21(25)24(15)32-22-11-16(5-6-17(22)13-26)18-12-23(29)28(14-18)19-7-9-20(10-8-19)33(27,30)31;24-18-2-1-3-20(12-18)31-22-10-15(4-5-16(22)13-25)17-11-23(28)27(14-17)19-6-8-21(9-7-19)32(26,29)30;24-20-3-1-2-4-21(20)31-22-11-15(5-6-16(22)13-25)17-12-23(28)27(14-17)18-7-9-19(10-8-18)32(26,29)30/h2-10,17H,11,13H2,1H3,(H2,29,32);2-11,18H,12,14H2,1H3,(H2,27,30,31);1-10,12,17H,11,14H2,(H2,26,29,30);1-11,17H,12,14H2,(H2,26,29,30)/t17-;18-;2*17-/m0000/s1. The number of rotatable bonds is 20. The van der Waals surface area contributed by atoms with E-state index in [4.69, 9.17) is 98.1 Å². The van der Waals surface area contributed by atoms with Gasteiger partial charge in [0.05, 0.1) is 51.5 Å². The molecule has 0 radical (unpaired) electrons. The van der Waals surface area contributed by atoms with Crippen LogP contribution in [0.25, 0.3) is 0 Å². The smallest absolute Gasteiger partial charge is 0.248 e. The first kappa shape index (κ1) is 94.0. The van der Waals surface area contributed by atoms with Gasteiger partial charge in [-0.2, -0.15) is 21.0 Å². The summed E-state index contributed by atoms with van der Waals surface area (Å²) in [5.74, 6) is 1.91. The Morgan fingerprint density at radius 1 is 0.354 bits per heavy atom. The third kappa shape index (κ3) is 22.3. The van der Waals surface area contributed by atoms with E-state index in [-0.39, 0.29) is 86.8 Å². The summed E-state index contributed by atoms with van der Waals surface area (Å²) in [7, 11) is -11.4. The number of nitrogens with zero attached hydrogens (tertiary/aromatic N) is 8.